The highest BCUT2D eigenvalue weighted by Crippen LogP contribution is 2.35. The van der Waals surface area contributed by atoms with Gasteiger partial charge in [-0.1, -0.05) is 6.07 Å². The standard InChI is InChI=1S/C12H16O3/c1-5-10(13-2)9-7-6-8-11(14-3)12(9)15-4/h5-8H,1-4H3. The smallest absolute Gasteiger partial charge is 0.171 e. The van der Waals surface area contributed by atoms with Gasteiger partial charge < -0.3 is 14.2 Å². The Morgan fingerprint density at radius 1 is 1.13 bits per heavy atom. The number of para-hydroxylation sites is 1. The summed E-state index contributed by atoms with van der Waals surface area (Å²) in [6, 6.07) is 5.69. The van der Waals surface area contributed by atoms with Gasteiger partial charge in [-0.05, 0) is 25.1 Å². The second-order valence-corrected chi connectivity index (χ2v) is 2.90. The van der Waals surface area contributed by atoms with Gasteiger partial charge in [0.05, 0.1) is 26.9 Å². The second-order valence-electron chi connectivity index (χ2n) is 2.90. The summed E-state index contributed by atoms with van der Waals surface area (Å²) >= 11 is 0. The monoisotopic (exact) mass is 208 g/mol. The van der Waals surface area contributed by atoms with Gasteiger partial charge in [-0.25, -0.2) is 0 Å². The fourth-order valence-corrected chi connectivity index (χ4v) is 1.46. The van der Waals surface area contributed by atoms with Gasteiger partial charge in [-0.3, -0.25) is 0 Å². The molecule has 0 saturated heterocycles. The Balaban J connectivity index is 3.28. The summed E-state index contributed by atoms with van der Waals surface area (Å²) in [6.07, 6.45) is 1.89. The number of benzene rings is 1. The first-order valence-electron chi connectivity index (χ1n) is 4.70. The molecule has 0 aliphatic heterocycles. The average molecular weight is 208 g/mol. The third-order valence-corrected chi connectivity index (χ3v) is 2.15. The molecule has 0 heterocycles. The van der Waals surface area contributed by atoms with Crippen LogP contribution in [0.3, 0.4) is 0 Å². The molecule has 0 saturated carbocycles. The SMILES string of the molecule is CC=C(OC)c1cccc(OC)c1OC. The van der Waals surface area contributed by atoms with Crippen LogP contribution in [0, 0.1) is 0 Å². The van der Waals surface area contributed by atoms with Crippen LogP contribution in [0.15, 0.2) is 24.3 Å². The van der Waals surface area contributed by atoms with E-state index in [1.54, 1.807) is 21.3 Å². The molecule has 15 heavy (non-hydrogen) atoms. The molecular weight excluding hydrogens is 192 g/mol. The molecule has 82 valence electrons. The van der Waals surface area contributed by atoms with Crippen molar-refractivity contribution in [2.45, 2.75) is 6.92 Å². The molecule has 0 amide bonds. The van der Waals surface area contributed by atoms with Crippen LogP contribution in [-0.4, -0.2) is 21.3 Å². The van der Waals surface area contributed by atoms with E-state index in [1.165, 1.54) is 0 Å². The summed E-state index contributed by atoms with van der Waals surface area (Å²) < 4.78 is 15.8. The van der Waals surface area contributed by atoms with Crippen LogP contribution in [0.5, 0.6) is 11.5 Å². The maximum atomic E-state index is 5.31. The van der Waals surface area contributed by atoms with E-state index >= 15 is 0 Å². The van der Waals surface area contributed by atoms with Crippen molar-refractivity contribution in [2.24, 2.45) is 0 Å². The van der Waals surface area contributed by atoms with Crippen LogP contribution in [0.25, 0.3) is 5.76 Å². The first kappa shape index (κ1) is 11.4. The molecular formula is C12H16O3. The summed E-state index contributed by atoms with van der Waals surface area (Å²) in [6.45, 7) is 1.91. The van der Waals surface area contributed by atoms with Crippen molar-refractivity contribution >= 4 is 5.76 Å². The molecule has 1 rings (SSSR count). The fourth-order valence-electron chi connectivity index (χ4n) is 1.46. The molecule has 0 fully saturated rings. The molecule has 0 aliphatic rings. The van der Waals surface area contributed by atoms with E-state index in [-0.39, 0.29) is 0 Å². The lowest BCUT2D eigenvalue weighted by molar-refractivity contribution is 0.342. The zero-order valence-electron chi connectivity index (χ0n) is 9.53. The van der Waals surface area contributed by atoms with Gasteiger partial charge in [0, 0.05) is 0 Å². The van der Waals surface area contributed by atoms with Crippen molar-refractivity contribution in [1.82, 2.24) is 0 Å². The van der Waals surface area contributed by atoms with Gasteiger partial charge in [-0.2, -0.15) is 0 Å². The molecule has 0 spiro atoms. The zero-order valence-corrected chi connectivity index (χ0v) is 9.53. The van der Waals surface area contributed by atoms with Crippen LogP contribution >= 0.6 is 0 Å². The van der Waals surface area contributed by atoms with E-state index in [9.17, 15) is 0 Å². The van der Waals surface area contributed by atoms with Gasteiger partial charge in [0.2, 0.25) is 0 Å². The summed E-state index contributed by atoms with van der Waals surface area (Å²) in [5.41, 5.74) is 0.891. The zero-order chi connectivity index (χ0) is 11.3. The molecule has 0 bridgehead atoms. The van der Waals surface area contributed by atoms with E-state index in [4.69, 9.17) is 14.2 Å². The Labute approximate surface area is 90.3 Å². The Kier molecular flexibility index (Phi) is 4.03. The lowest BCUT2D eigenvalue weighted by atomic mass is 10.1. The molecule has 0 unspecified atom stereocenters. The van der Waals surface area contributed by atoms with E-state index in [2.05, 4.69) is 0 Å². The third kappa shape index (κ3) is 2.24. The summed E-state index contributed by atoms with van der Waals surface area (Å²) in [5, 5.41) is 0. The van der Waals surface area contributed by atoms with Crippen LogP contribution in [-0.2, 0) is 4.74 Å². The number of ether oxygens (including phenoxy) is 3. The molecule has 1 aromatic carbocycles. The molecule has 0 aromatic heterocycles. The van der Waals surface area contributed by atoms with Crippen LogP contribution in [0.2, 0.25) is 0 Å². The van der Waals surface area contributed by atoms with Crippen molar-refractivity contribution in [2.75, 3.05) is 21.3 Å². The molecule has 3 nitrogen and oxygen atoms in total. The van der Waals surface area contributed by atoms with Crippen molar-refractivity contribution in [1.29, 1.82) is 0 Å². The van der Waals surface area contributed by atoms with Crippen LogP contribution in [0.1, 0.15) is 12.5 Å². The number of methoxy groups -OCH3 is 3. The van der Waals surface area contributed by atoms with Crippen molar-refractivity contribution in [3.8, 4) is 11.5 Å². The first-order valence-corrected chi connectivity index (χ1v) is 4.70. The second kappa shape index (κ2) is 5.29. The minimum absolute atomic E-state index is 0.690. The first-order chi connectivity index (χ1) is 7.28. The highest BCUT2D eigenvalue weighted by molar-refractivity contribution is 5.68. The summed E-state index contributed by atoms with van der Waals surface area (Å²) in [7, 11) is 4.86. The van der Waals surface area contributed by atoms with E-state index in [0.29, 0.717) is 11.5 Å². The lowest BCUT2D eigenvalue weighted by Crippen LogP contribution is -1.96. The van der Waals surface area contributed by atoms with E-state index in [1.807, 2.05) is 31.2 Å². The number of hydrogen-bond acceptors (Lipinski definition) is 3. The minimum Gasteiger partial charge on any atom is -0.496 e. The van der Waals surface area contributed by atoms with Gasteiger partial charge in [0.25, 0.3) is 0 Å². The van der Waals surface area contributed by atoms with Crippen LogP contribution in [0.4, 0.5) is 0 Å². The lowest BCUT2D eigenvalue weighted by Gasteiger charge is -2.13. The Morgan fingerprint density at radius 2 is 1.87 bits per heavy atom. The number of allylic oxidation sites excluding steroid dienone is 1. The minimum atomic E-state index is 0.690. The fraction of sp³-hybridized carbons (Fsp3) is 0.333. The van der Waals surface area contributed by atoms with E-state index in [0.717, 1.165) is 11.3 Å². The van der Waals surface area contributed by atoms with Crippen molar-refractivity contribution in [3.63, 3.8) is 0 Å². The maximum Gasteiger partial charge on any atom is 0.171 e. The van der Waals surface area contributed by atoms with E-state index < -0.39 is 0 Å². The van der Waals surface area contributed by atoms with Gasteiger partial charge in [-0.15, -0.1) is 0 Å². The Morgan fingerprint density at radius 3 is 2.33 bits per heavy atom. The predicted octanol–water partition coefficient (Wildman–Crippen LogP) is 2.71. The third-order valence-electron chi connectivity index (χ3n) is 2.15. The average Bonchev–Trinajstić information content (AvgIpc) is 2.30. The van der Waals surface area contributed by atoms with Crippen molar-refractivity contribution in [3.05, 3.63) is 29.8 Å². The largest absolute Gasteiger partial charge is 0.496 e. The summed E-state index contributed by atoms with van der Waals surface area (Å²) in [4.78, 5) is 0. The normalized spacial score (nSPS) is 11.1. The quantitative estimate of drug-likeness (QED) is 0.712. The predicted molar refractivity (Wildman–Crippen MR) is 60.2 cm³/mol. The molecule has 0 N–H and O–H groups in total. The Bertz CT molecular complexity index is 356. The molecule has 0 radical (unpaired) electrons. The van der Waals surface area contributed by atoms with Crippen molar-refractivity contribution < 1.29 is 14.2 Å². The van der Waals surface area contributed by atoms with Gasteiger partial charge >= 0.3 is 0 Å². The Hall–Kier alpha value is -1.64. The topological polar surface area (TPSA) is 27.7 Å². The highest BCUT2D eigenvalue weighted by Gasteiger charge is 2.12. The number of rotatable bonds is 4. The molecule has 0 atom stereocenters. The molecule has 3 heteroatoms. The van der Waals surface area contributed by atoms with Gasteiger partial charge in [0.15, 0.2) is 11.5 Å². The molecule has 0 aliphatic carbocycles. The maximum absolute atomic E-state index is 5.31. The molecule has 1 aromatic rings. The summed E-state index contributed by atoms with van der Waals surface area (Å²) in [5.74, 6) is 2.16. The van der Waals surface area contributed by atoms with Gasteiger partial charge in [0.1, 0.15) is 5.76 Å². The van der Waals surface area contributed by atoms with Crippen LogP contribution < -0.4 is 9.47 Å². The number of hydrogen-bond donors (Lipinski definition) is 0. The highest BCUT2D eigenvalue weighted by atomic mass is 16.5.